The van der Waals surface area contributed by atoms with Crippen LogP contribution in [0.2, 0.25) is 0 Å². The molecule has 0 aliphatic heterocycles. The van der Waals surface area contributed by atoms with Gasteiger partial charge in [-0.05, 0) is 33.7 Å². The Morgan fingerprint density at radius 3 is 2.08 bits per heavy atom. The van der Waals surface area contributed by atoms with E-state index in [0.29, 0.717) is 5.92 Å². The number of nitrogens with zero attached hydrogens (tertiary/aromatic N) is 1. The Balaban J connectivity index is 3.51. The molecule has 0 saturated carbocycles. The lowest BCUT2D eigenvalue weighted by molar-refractivity contribution is -0.0582. The summed E-state index contributed by atoms with van der Waals surface area (Å²) in [5, 5.41) is 0. The molecule has 0 atom stereocenters. The summed E-state index contributed by atoms with van der Waals surface area (Å²) in [6.45, 7) is 12.5. The Kier molecular flexibility index (Phi) is 4.80. The molecule has 0 saturated heterocycles. The van der Waals surface area contributed by atoms with Crippen molar-refractivity contribution in [3.8, 4) is 0 Å². The Morgan fingerprint density at radius 1 is 1.25 bits per heavy atom. The summed E-state index contributed by atoms with van der Waals surface area (Å²) in [5.74, 6) is 0.707. The number of ether oxygens (including phenoxy) is 1. The van der Waals surface area contributed by atoms with Gasteiger partial charge in [-0.25, -0.2) is 0 Å². The van der Waals surface area contributed by atoms with Gasteiger partial charge in [0, 0.05) is 6.54 Å². The SMILES string of the molecule is CC(C)CN(C)COC(C)(C)C. The average Bonchev–Trinajstić information content (AvgIpc) is 1.80. The van der Waals surface area contributed by atoms with Gasteiger partial charge < -0.3 is 4.74 Å². The standard InChI is InChI=1S/C10H23NO/c1-9(2)7-11(6)8-12-10(3,4)5/h9H,7-8H2,1-6H3. The maximum absolute atomic E-state index is 5.62. The van der Waals surface area contributed by atoms with Crippen molar-refractivity contribution in [3.63, 3.8) is 0 Å². The molecule has 0 rings (SSSR count). The third-order valence-electron chi connectivity index (χ3n) is 1.39. The molecule has 2 heteroatoms. The first-order chi connectivity index (χ1) is 5.31. The second kappa shape index (κ2) is 4.83. The summed E-state index contributed by atoms with van der Waals surface area (Å²) in [6, 6.07) is 0. The molecule has 12 heavy (non-hydrogen) atoms. The van der Waals surface area contributed by atoms with Gasteiger partial charge in [0.15, 0.2) is 0 Å². The van der Waals surface area contributed by atoms with Gasteiger partial charge in [-0.1, -0.05) is 13.8 Å². The highest BCUT2D eigenvalue weighted by Gasteiger charge is 2.11. The van der Waals surface area contributed by atoms with Gasteiger partial charge in [-0.2, -0.15) is 0 Å². The molecule has 0 aromatic carbocycles. The van der Waals surface area contributed by atoms with Gasteiger partial charge in [0.1, 0.15) is 0 Å². The average molecular weight is 173 g/mol. The first-order valence-corrected chi connectivity index (χ1v) is 4.64. The minimum absolute atomic E-state index is 0.0226. The van der Waals surface area contributed by atoms with E-state index in [9.17, 15) is 0 Å². The molecule has 0 spiro atoms. The Hall–Kier alpha value is -0.0800. The predicted octanol–water partition coefficient (Wildman–Crippen LogP) is 2.35. The molecule has 2 nitrogen and oxygen atoms in total. The summed E-state index contributed by atoms with van der Waals surface area (Å²) >= 11 is 0. The van der Waals surface area contributed by atoms with Crippen LogP contribution >= 0.6 is 0 Å². The van der Waals surface area contributed by atoms with Crippen LogP contribution < -0.4 is 0 Å². The van der Waals surface area contributed by atoms with Crippen molar-refractivity contribution in [2.45, 2.75) is 40.2 Å². The van der Waals surface area contributed by atoms with E-state index >= 15 is 0 Å². The summed E-state index contributed by atoms with van der Waals surface area (Å²) < 4.78 is 5.62. The van der Waals surface area contributed by atoms with E-state index in [4.69, 9.17) is 4.74 Å². The summed E-state index contributed by atoms with van der Waals surface area (Å²) in [7, 11) is 2.09. The highest BCUT2D eigenvalue weighted by atomic mass is 16.5. The van der Waals surface area contributed by atoms with Gasteiger partial charge in [0.25, 0.3) is 0 Å². The number of hydrogen-bond acceptors (Lipinski definition) is 2. The molecule has 0 aromatic rings. The second-order valence-corrected chi connectivity index (χ2v) is 4.82. The van der Waals surface area contributed by atoms with Crippen LogP contribution in [0.5, 0.6) is 0 Å². The number of rotatable bonds is 4. The maximum atomic E-state index is 5.62. The molecular formula is C10H23NO. The fraction of sp³-hybridized carbons (Fsp3) is 1.00. The van der Waals surface area contributed by atoms with Crippen molar-refractivity contribution in [2.75, 3.05) is 20.3 Å². The molecule has 0 radical (unpaired) electrons. The third-order valence-corrected chi connectivity index (χ3v) is 1.39. The fourth-order valence-electron chi connectivity index (χ4n) is 0.980. The van der Waals surface area contributed by atoms with Crippen LogP contribution in [0.4, 0.5) is 0 Å². The smallest absolute Gasteiger partial charge is 0.0995 e. The summed E-state index contributed by atoms with van der Waals surface area (Å²) in [4.78, 5) is 2.20. The molecule has 0 aromatic heterocycles. The van der Waals surface area contributed by atoms with Crippen molar-refractivity contribution in [3.05, 3.63) is 0 Å². The fourth-order valence-corrected chi connectivity index (χ4v) is 0.980. The van der Waals surface area contributed by atoms with Crippen LogP contribution in [0.25, 0.3) is 0 Å². The van der Waals surface area contributed by atoms with Crippen molar-refractivity contribution < 1.29 is 4.74 Å². The molecule has 0 unspecified atom stereocenters. The minimum Gasteiger partial charge on any atom is -0.361 e. The number of hydrogen-bond donors (Lipinski definition) is 0. The lowest BCUT2D eigenvalue weighted by Crippen LogP contribution is -2.31. The van der Waals surface area contributed by atoms with Gasteiger partial charge in [0.05, 0.1) is 12.3 Å². The molecule has 0 bridgehead atoms. The monoisotopic (exact) mass is 173 g/mol. The zero-order valence-corrected chi connectivity index (χ0v) is 9.35. The summed E-state index contributed by atoms with van der Waals surface area (Å²) in [5.41, 5.74) is -0.0226. The van der Waals surface area contributed by atoms with E-state index in [1.807, 2.05) is 0 Å². The van der Waals surface area contributed by atoms with E-state index in [1.165, 1.54) is 0 Å². The van der Waals surface area contributed by atoms with Crippen LogP contribution in [-0.2, 0) is 4.74 Å². The van der Waals surface area contributed by atoms with Crippen LogP contribution in [0.15, 0.2) is 0 Å². The molecule has 0 amide bonds. The van der Waals surface area contributed by atoms with E-state index < -0.39 is 0 Å². The van der Waals surface area contributed by atoms with E-state index in [1.54, 1.807) is 0 Å². The molecule has 74 valence electrons. The van der Waals surface area contributed by atoms with Crippen molar-refractivity contribution in [2.24, 2.45) is 5.92 Å². The van der Waals surface area contributed by atoms with Gasteiger partial charge >= 0.3 is 0 Å². The van der Waals surface area contributed by atoms with Gasteiger partial charge in [0.2, 0.25) is 0 Å². The van der Waals surface area contributed by atoms with Crippen molar-refractivity contribution in [1.29, 1.82) is 0 Å². The molecule has 0 heterocycles. The van der Waals surface area contributed by atoms with Crippen LogP contribution in [0, 0.1) is 5.92 Å². The Labute approximate surface area is 76.9 Å². The van der Waals surface area contributed by atoms with Crippen LogP contribution in [0.3, 0.4) is 0 Å². The topological polar surface area (TPSA) is 12.5 Å². The predicted molar refractivity (Wildman–Crippen MR) is 53.2 cm³/mol. The molecular weight excluding hydrogens is 150 g/mol. The second-order valence-electron chi connectivity index (χ2n) is 4.82. The lowest BCUT2D eigenvalue weighted by atomic mass is 10.2. The Morgan fingerprint density at radius 2 is 1.75 bits per heavy atom. The van der Waals surface area contributed by atoms with Gasteiger partial charge in [-0.15, -0.1) is 0 Å². The largest absolute Gasteiger partial charge is 0.361 e. The van der Waals surface area contributed by atoms with E-state index in [0.717, 1.165) is 13.3 Å². The maximum Gasteiger partial charge on any atom is 0.0995 e. The quantitative estimate of drug-likeness (QED) is 0.605. The zero-order chi connectivity index (χ0) is 9.78. The first-order valence-electron chi connectivity index (χ1n) is 4.64. The van der Waals surface area contributed by atoms with Crippen molar-refractivity contribution >= 4 is 0 Å². The molecule has 0 fully saturated rings. The molecule has 0 aliphatic rings. The van der Waals surface area contributed by atoms with Crippen LogP contribution in [0.1, 0.15) is 34.6 Å². The molecule has 0 aliphatic carbocycles. The van der Waals surface area contributed by atoms with E-state index in [-0.39, 0.29) is 5.60 Å². The minimum atomic E-state index is -0.0226. The van der Waals surface area contributed by atoms with Crippen LogP contribution in [-0.4, -0.2) is 30.8 Å². The third kappa shape index (κ3) is 8.02. The van der Waals surface area contributed by atoms with Crippen molar-refractivity contribution in [1.82, 2.24) is 4.90 Å². The highest BCUT2D eigenvalue weighted by Crippen LogP contribution is 2.07. The summed E-state index contributed by atoms with van der Waals surface area (Å²) in [6.07, 6.45) is 0. The Bertz CT molecular complexity index is 115. The zero-order valence-electron chi connectivity index (χ0n) is 9.35. The normalized spacial score (nSPS) is 13.0. The highest BCUT2D eigenvalue weighted by molar-refractivity contribution is 4.59. The van der Waals surface area contributed by atoms with E-state index in [2.05, 4.69) is 46.6 Å². The lowest BCUT2D eigenvalue weighted by Gasteiger charge is -2.25. The van der Waals surface area contributed by atoms with Gasteiger partial charge in [-0.3, -0.25) is 4.90 Å². The first kappa shape index (κ1) is 11.9. The molecule has 0 N–H and O–H groups in total.